The first kappa shape index (κ1) is 20.2. The highest BCUT2D eigenvalue weighted by Gasteiger charge is 2.31. The zero-order valence-corrected chi connectivity index (χ0v) is 17.0. The minimum atomic E-state index is -0.124. The zero-order valence-electron chi connectivity index (χ0n) is 17.0. The van der Waals surface area contributed by atoms with Crippen LogP contribution >= 0.6 is 0 Å². The van der Waals surface area contributed by atoms with Gasteiger partial charge in [0, 0.05) is 44.1 Å². The van der Waals surface area contributed by atoms with E-state index < -0.39 is 0 Å². The third kappa shape index (κ3) is 4.91. The van der Waals surface area contributed by atoms with Gasteiger partial charge in [0.15, 0.2) is 0 Å². The van der Waals surface area contributed by atoms with Gasteiger partial charge in [-0.15, -0.1) is 0 Å². The molecule has 2 saturated heterocycles. The third-order valence-electron chi connectivity index (χ3n) is 5.89. The molecular weight excluding hydrogens is 380 g/mol. The van der Waals surface area contributed by atoms with E-state index in [-0.39, 0.29) is 23.5 Å². The summed E-state index contributed by atoms with van der Waals surface area (Å²) in [4.78, 5) is 31.6. The second-order valence-corrected chi connectivity index (χ2v) is 7.96. The molecule has 2 aliphatic heterocycles. The second kappa shape index (κ2) is 9.17. The predicted octanol–water partition coefficient (Wildman–Crippen LogP) is 2.00. The van der Waals surface area contributed by atoms with Gasteiger partial charge in [-0.3, -0.25) is 14.5 Å². The Morgan fingerprint density at radius 3 is 2.33 bits per heavy atom. The number of phenolic OH excluding ortho intramolecular Hbond substituents is 1. The van der Waals surface area contributed by atoms with E-state index in [9.17, 15) is 14.7 Å². The zero-order chi connectivity index (χ0) is 20.9. The lowest BCUT2D eigenvalue weighted by Crippen LogP contribution is -2.51. The quantitative estimate of drug-likeness (QED) is 0.740. The molecule has 0 saturated carbocycles. The number of phenols is 1. The fourth-order valence-electron chi connectivity index (χ4n) is 4.12. The normalized spacial score (nSPS) is 19.7. The fraction of sp³-hybridized carbons (Fsp3) is 0.391. The van der Waals surface area contributed by atoms with E-state index in [2.05, 4.69) is 27.2 Å². The van der Waals surface area contributed by atoms with Gasteiger partial charge in [-0.1, -0.05) is 18.2 Å². The Morgan fingerprint density at radius 1 is 0.933 bits per heavy atom. The number of para-hydroxylation sites is 1. The van der Waals surface area contributed by atoms with Crippen LogP contribution in [0.2, 0.25) is 0 Å². The summed E-state index contributed by atoms with van der Waals surface area (Å²) in [5.41, 5.74) is 1.87. The van der Waals surface area contributed by atoms with Gasteiger partial charge < -0.3 is 20.2 Å². The highest BCUT2D eigenvalue weighted by molar-refractivity contribution is 5.93. The van der Waals surface area contributed by atoms with Crippen LogP contribution in [-0.2, 0) is 9.59 Å². The van der Waals surface area contributed by atoms with E-state index in [0.717, 1.165) is 39.1 Å². The second-order valence-electron chi connectivity index (χ2n) is 7.96. The topological polar surface area (TPSA) is 76.1 Å². The number of likely N-dealkylation sites (tertiary alicyclic amines) is 1. The number of benzene rings is 2. The molecule has 1 atom stereocenters. The van der Waals surface area contributed by atoms with Crippen molar-refractivity contribution in [3.8, 4) is 5.75 Å². The predicted molar refractivity (Wildman–Crippen MR) is 117 cm³/mol. The molecule has 2 aliphatic rings. The van der Waals surface area contributed by atoms with Crippen molar-refractivity contribution in [1.82, 2.24) is 9.80 Å². The van der Waals surface area contributed by atoms with Crippen molar-refractivity contribution in [2.75, 3.05) is 56.0 Å². The first-order valence-electron chi connectivity index (χ1n) is 10.5. The third-order valence-corrected chi connectivity index (χ3v) is 5.89. The minimum Gasteiger partial charge on any atom is -0.508 e. The molecule has 158 valence electrons. The maximum absolute atomic E-state index is 12.7. The summed E-state index contributed by atoms with van der Waals surface area (Å²) in [6.07, 6.45) is 0.749. The molecular formula is C23H28N4O3. The molecule has 30 heavy (non-hydrogen) atoms. The fourth-order valence-corrected chi connectivity index (χ4v) is 4.12. The Labute approximate surface area is 176 Å². The van der Waals surface area contributed by atoms with E-state index in [1.54, 1.807) is 24.3 Å². The van der Waals surface area contributed by atoms with Crippen LogP contribution in [-0.4, -0.2) is 72.5 Å². The number of nitrogens with zero attached hydrogens (tertiary/aromatic N) is 3. The van der Waals surface area contributed by atoms with Crippen LogP contribution in [0.1, 0.15) is 6.42 Å². The van der Waals surface area contributed by atoms with Gasteiger partial charge in [0.25, 0.3) is 0 Å². The number of hydrogen-bond donors (Lipinski definition) is 2. The van der Waals surface area contributed by atoms with Crippen LogP contribution in [0.3, 0.4) is 0 Å². The Bertz CT molecular complexity index is 864. The average molecular weight is 409 g/mol. The lowest BCUT2D eigenvalue weighted by molar-refractivity contribution is -0.132. The Balaban J connectivity index is 1.22. The molecule has 0 aromatic heterocycles. The van der Waals surface area contributed by atoms with Crippen molar-refractivity contribution in [2.24, 2.45) is 5.92 Å². The number of rotatable bonds is 5. The number of carbonyl (C=O) groups excluding carboxylic acids is 2. The van der Waals surface area contributed by atoms with E-state index in [0.29, 0.717) is 18.8 Å². The van der Waals surface area contributed by atoms with Crippen LogP contribution < -0.4 is 10.2 Å². The van der Waals surface area contributed by atoms with Gasteiger partial charge >= 0.3 is 0 Å². The van der Waals surface area contributed by atoms with Gasteiger partial charge in [-0.05, 0) is 49.4 Å². The molecule has 0 aliphatic carbocycles. The lowest BCUT2D eigenvalue weighted by atomic mass is 10.1. The number of anilines is 2. The molecule has 2 heterocycles. The van der Waals surface area contributed by atoms with E-state index in [1.165, 1.54) is 5.69 Å². The molecule has 2 aromatic rings. The van der Waals surface area contributed by atoms with Crippen molar-refractivity contribution < 1.29 is 14.7 Å². The van der Waals surface area contributed by atoms with Gasteiger partial charge in [0.05, 0.1) is 12.5 Å². The summed E-state index contributed by atoms with van der Waals surface area (Å²) in [5, 5.41) is 12.2. The molecule has 2 aromatic carbocycles. The monoisotopic (exact) mass is 408 g/mol. The van der Waals surface area contributed by atoms with Crippen molar-refractivity contribution in [3.05, 3.63) is 54.6 Å². The van der Waals surface area contributed by atoms with Crippen molar-refractivity contribution in [1.29, 1.82) is 0 Å². The Hall–Kier alpha value is -3.06. The number of amides is 2. The van der Waals surface area contributed by atoms with E-state index >= 15 is 0 Å². The molecule has 7 nitrogen and oxygen atoms in total. The summed E-state index contributed by atoms with van der Waals surface area (Å²) in [5.74, 6) is 0.152. The smallest absolute Gasteiger partial charge is 0.236 e. The number of aromatic hydroxyl groups is 1. The van der Waals surface area contributed by atoms with Gasteiger partial charge in [-0.2, -0.15) is 0 Å². The van der Waals surface area contributed by atoms with Gasteiger partial charge in [-0.25, -0.2) is 0 Å². The first-order chi connectivity index (χ1) is 14.6. The summed E-state index contributed by atoms with van der Waals surface area (Å²) in [6.45, 7) is 4.86. The lowest BCUT2D eigenvalue weighted by Gasteiger charge is -2.36. The highest BCUT2D eigenvalue weighted by atomic mass is 16.3. The largest absolute Gasteiger partial charge is 0.508 e. The molecule has 7 heteroatoms. The van der Waals surface area contributed by atoms with Gasteiger partial charge in [0.2, 0.25) is 11.8 Å². The number of nitrogens with one attached hydrogen (secondary N) is 1. The van der Waals surface area contributed by atoms with Crippen LogP contribution in [0.4, 0.5) is 11.4 Å². The Kier molecular flexibility index (Phi) is 6.18. The maximum atomic E-state index is 12.7. The van der Waals surface area contributed by atoms with E-state index in [1.807, 2.05) is 23.1 Å². The maximum Gasteiger partial charge on any atom is 0.236 e. The van der Waals surface area contributed by atoms with Gasteiger partial charge in [0.1, 0.15) is 5.75 Å². The first-order valence-corrected chi connectivity index (χ1v) is 10.5. The summed E-state index contributed by atoms with van der Waals surface area (Å²) in [7, 11) is 0. The van der Waals surface area contributed by atoms with Crippen molar-refractivity contribution in [2.45, 2.75) is 6.42 Å². The number of piperazine rings is 1. The molecule has 2 fully saturated rings. The van der Waals surface area contributed by atoms with E-state index in [4.69, 9.17) is 0 Å². The molecule has 2 amide bonds. The van der Waals surface area contributed by atoms with Crippen LogP contribution in [0.5, 0.6) is 5.75 Å². The SMILES string of the molecule is O=C(Nc1ccc(O)cc1)C1CCN(CC(=O)N2CCN(c3ccccc3)CC2)C1. The van der Waals surface area contributed by atoms with Crippen LogP contribution in [0.15, 0.2) is 54.6 Å². The minimum absolute atomic E-state index is 0.0351. The van der Waals surface area contributed by atoms with Crippen LogP contribution in [0.25, 0.3) is 0 Å². The average Bonchev–Trinajstić information content (AvgIpc) is 3.25. The molecule has 4 rings (SSSR count). The molecule has 2 N–H and O–H groups in total. The molecule has 0 spiro atoms. The summed E-state index contributed by atoms with van der Waals surface area (Å²) >= 11 is 0. The standard InChI is InChI=1S/C23H28N4O3/c28-21-8-6-19(7-9-21)24-23(30)18-10-11-25(16-18)17-22(29)27-14-12-26(13-15-27)20-4-2-1-3-5-20/h1-9,18,28H,10-17H2,(H,24,30). The molecule has 0 radical (unpaired) electrons. The Morgan fingerprint density at radius 2 is 1.63 bits per heavy atom. The van der Waals surface area contributed by atoms with Crippen molar-refractivity contribution >= 4 is 23.2 Å². The number of carbonyl (C=O) groups is 2. The molecule has 1 unspecified atom stereocenters. The summed E-state index contributed by atoms with van der Waals surface area (Å²) < 4.78 is 0. The van der Waals surface area contributed by atoms with Crippen molar-refractivity contribution in [3.63, 3.8) is 0 Å². The summed E-state index contributed by atoms with van der Waals surface area (Å²) in [6, 6.07) is 16.7. The molecule has 0 bridgehead atoms. The highest BCUT2D eigenvalue weighted by Crippen LogP contribution is 2.21. The van der Waals surface area contributed by atoms with Crippen LogP contribution in [0, 0.1) is 5.92 Å². The number of hydrogen-bond acceptors (Lipinski definition) is 5.